The van der Waals surface area contributed by atoms with Crippen LogP contribution in [0.4, 0.5) is 0 Å². The van der Waals surface area contributed by atoms with Gasteiger partial charge in [-0.1, -0.05) is 18.2 Å². The lowest BCUT2D eigenvalue weighted by atomic mass is 9.97. The molecule has 0 bridgehead atoms. The van der Waals surface area contributed by atoms with Crippen molar-refractivity contribution in [3.63, 3.8) is 0 Å². The summed E-state index contributed by atoms with van der Waals surface area (Å²) in [6, 6.07) is 20.0. The Morgan fingerprint density at radius 2 is 1.39 bits per heavy atom. The van der Waals surface area contributed by atoms with E-state index in [-0.39, 0.29) is 6.04 Å². The molecule has 0 aromatic heterocycles. The number of methoxy groups -OCH3 is 4. The summed E-state index contributed by atoms with van der Waals surface area (Å²) in [5.74, 6) is 3.84. The topological polar surface area (TPSA) is 58.2 Å². The van der Waals surface area contributed by atoms with Crippen LogP contribution >= 0.6 is 0 Å². The Morgan fingerprint density at radius 1 is 0.697 bits per heavy atom. The highest BCUT2D eigenvalue weighted by Gasteiger charge is 2.19. The monoisotopic (exact) mass is 451 g/mol. The van der Waals surface area contributed by atoms with E-state index >= 15 is 0 Å². The van der Waals surface area contributed by atoms with Crippen LogP contribution in [0.5, 0.6) is 28.7 Å². The van der Waals surface area contributed by atoms with Crippen LogP contribution in [0, 0.1) is 0 Å². The van der Waals surface area contributed by atoms with Crippen molar-refractivity contribution in [1.82, 2.24) is 5.32 Å². The molecule has 176 valence electrons. The fraction of sp³-hybridized carbons (Fsp3) is 0.333. The summed E-state index contributed by atoms with van der Waals surface area (Å²) in [6.45, 7) is 3.37. The second-order valence-electron chi connectivity index (χ2n) is 7.44. The zero-order chi connectivity index (χ0) is 23.6. The van der Waals surface area contributed by atoms with Gasteiger partial charge in [0.1, 0.15) is 17.2 Å². The zero-order valence-corrected chi connectivity index (χ0v) is 20.0. The third kappa shape index (κ3) is 6.11. The van der Waals surface area contributed by atoms with E-state index in [1.54, 1.807) is 28.4 Å². The molecule has 3 aromatic carbocycles. The Balaban J connectivity index is 1.85. The van der Waals surface area contributed by atoms with Gasteiger partial charge in [-0.05, 0) is 60.9 Å². The number of hydrogen-bond acceptors (Lipinski definition) is 6. The fourth-order valence-corrected chi connectivity index (χ4v) is 3.78. The lowest BCUT2D eigenvalue weighted by Gasteiger charge is -2.23. The average molecular weight is 452 g/mol. The number of nitrogens with one attached hydrogen (secondary N) is 1. The molecule has 0 radical (unpaired) electrons. The third-order valence-corrected chi connectivity index (χ3v) is 5.49. The molecule has 0 saturated carbocycles. The van der Waals surface area contributed by atoms with Gasteiger partial charge in [0.15, 0.2) is 11.5 Å². The minimum absolute atomic E-state index is 0.0679. The van der Waals surface area contributed by atoms with Gasteiger partial charge in [0, 0.05) is 18.2 Å². The molecule has 0 aliphatic rings. The third-order valence-electron chi connectivity index (χ3n) is 5.49. The average Bonchev–Trinajstić information content (AvgIpc) is 2.87. The van der Waals surface area contributed by atoms with E-state index in [4.69, 9.17) is 23.7 Å². The number of hydrogen-bond donors (Lipinski definition) is 1. The number of ether oxygens (including phenoxy) is 5. The molecule has 0 heterocycles. The summed E-state index contributed by atoms with van der Waals surface area (Å²) in [5.41, 5.74) is 3.32. The first-order valence-corrected chi connectivity index (χ1v) is 11.0. The molecule has 0 aliphatic carbocycles. The van der Waals surface area contributed by atoms with Crippen molar-refractivity contribution in [2.75, 3.05) is 41.6 Å². The molecule has 6 heteroatoms. The molecular weight excluding hydrogens is 418 g/mol. The van der Waals surface area contributed by atoms with E-state index in [9.17, 15) is 0 Å². The Kier molecular flexibility index (Phi) is 8.84. The van der Waals surface area contributed by atoms with Crippen molar-refractivity contribution in [1.29, 1.82) is 0 Å². The number of benzene rings is 3. The highest BCUT2D eigenvalue weighted by atomic mass is 16.5. The summed E-state index contributed by atoms with van der Waals surface area (Å²) in [6.07, 6.45) is 0.826. The van der Waals surface area contributed by atoms with Crippen LogP contribution in [0.2, 0.25) is 0 Å². The molecular formula is C27H33NO5. The lowest BCUT2D eigenvalue weighted by Crippen LogP contribution is -2.25. The normalized spacial score (nSPS) is 11.5. The summed E-state index contributed by atoms with van der Waals surface area (Å²) < 4.78 is 27.5. The summed E-state index contributed by atoms with van der Waals surface area (Å²) in [5, 5.41) is 3.70. The van der Waals surface area contributed by atoms with E-state index in [1.165, 1.54) is 0 Å². The first-order chi connectivity index (χ1) is 16.1. The highest BCUT2D eigenvalue weighted by molar-refractivity contribution is 5.47. The van der Waals surface area contributed by atoms with Gasteiger partial charge in [-0.3, -0.25) is 0 Å². The van der Waals surface area contributed by atoms with E-state index in [0.29, 0.717) is 6.61 Å². The molecule has 3 rings (SSSR count). The molecule has 1 atom stereocenters. The molecule has 0 fully saturated rings. The maximum absolute atomic E-state index is 5.70. The van der Waals surface area contributed by atoms with Crippen LogP contribution in [-0.2, 0) is 6.42 Å². The molecule has 0 amide bonds. The van der Waals surface area contributed by atoms with Crippen LogP contribution < -0.4 is 29.0 Å². The molecule has 0 spiro atoms. The standard InChI is InChI=1S/C27H33NO5/c1-6-33-21-10-8-20(9-11-21)27(23-13-12-22(29-2)18-25(23)31-4)28-16-15-19-7-14-24(30-3)26(17-19)32-5/h7-14,17-18,27-28H,6,15-16H2,1-5H3. The Hall–Kier alpha value is -3.38. The van der Waals surface area contributed by atoms with Gasteiger partial charge in [-0.15, -0.1) is 0 Å². The molecule has 3 aromatic rings. The lowest BCUT2D eigenvalue weighted by molar-refractivity contribution is 0.340. The SMILES string of the molecule is CCOc1ccc(C(NCCc2ccc(OC)c(OC)c2)c2ccc(OC)cc2OC)cc1. The predicted octanol–water partition coefficient (Wildman–Crippen LogP) is 5.04. The van der Waals surface area contributed by atoms with Crippen LogP contribution in [0.15, 0.2) is 60.7 Å². The molecule has 6 nitrogen and oxygen atoms in total. The van der Waals surface area contributed by atoms with Crippen LogP contribution in [0.25, 0.3) is 0 Å². The fourth-order valence-electron chi connectivity index (χ4n) is 3.78. The van der Waals surface area contributed by atoms with Gasteiger partial charge in [0.05, 0.1) is 41.1 Å². The zero-order valence-electron chi connectivity index (χ0n) is 20.0. The van der Waals surface area contributed by atoms with Gasteiger partial charge in [0.2, 0.25) is 0 Å². The van der Waals surface area contributed by atoms with Crippen molar-refractivity contribution in [2.45, 2.75) is 19.4 Å². The Bertz CT molecular complexity index is 1020. The van der Waals surface area contributed by atoms with Gasteiger partial charge in [0.25, 0.3) is 0 Å². The van der Waals surface area contributed by atoms with Crippen molar-refractivity contribution in [2.24, 2.45) is 0 Å². The highest BCUT2D eigenvalue weighted by Crippen LogP contribution is 2.34. The largest absolute Gasteiger partial charge is 0.497 e. The van der Waals surface area contributed by atoms with E-state index in [1.807, 2.05) is 49.4 Å². The van der Waals surface area contributed by atoms with Crippen LogP contribution in [-0.4, -0.2) is 41.6 Å². The molecule has 1 unspecified atom stereocenters. The van der Waals surface area contributed by atoms with Crippen molar-refractivity contribution in [3.8, 4) is 28.7 Å². The first-order valence-electron chi connectivity index (χ1n) is 11.0. The maximum Gasteiger partial charge on any atom is 0.160 e. The van der Waals surface area contributed by atoms with E-state index < -0.39 is 0 Å². The summed E-state index contributed by atoms with van der Waals surface area (Å²) >= 11 is 0. The maximum atomic E-state index is 5.70. The van der Waals surface area contributed by atoms with Gasteiger partial charge < -0.3 is 29.0 Å². The second kappa shape index (κ2) is 12.0. The molecule has 0 aliphatic heterocycles. The van der Waals surface area contributed by atoms with E-state index in [2.05, 4.69) is 23.5 Å². The molecule has 1 N–H and O–H groups in total. The van der Waals surface area contributed by atoms with Crippen molar-refractivity contribution < 1.29 is 23.7 Å². The predicted molar refractivity (Wildman–Crippen MR) is 130 cm³/mol. The van der Waals surface area contributed by atoms with Gasteiger partial charge >= 0.3 is 0 Å². The summed E-state index contributed by atoms with van der Waals surface area (Å²) in [4.78, 5) is 0. The molecule has 33 heavy (non-hydrogen) atoms. The van der Waals surface area contributed by atoms with Crippen molar-refractivity contribution >= 4 is 0 Å². The Labute approximate surface area is 196 Å². The second-order valence-corrected chi connectivity index (χ2v) is 7.44. The molecule has 0 saturated heterocycles. The van der Waals surface area contributed by atoms with E-state index in [0.717, 1.165) is 58.4 Å². The smallest absolute Gasteiger partial charge is 0.160 e. The van der Waals surface area contributed by atoms with Crippen molar-refractivity contribution in [3.05, 3.63) is 77.4 Å². The quantitative estimate of drug-likeness (QED) is 0.416. The minimum atomic E-state index is -0.0679. The Morgan fingerprint density at radius 3 is 2.03 bits per heavy atom. The van der Waals surface area contributed by atoms with Crippen LogP contribution in [0.1, 0.15) is 29.7 Å². The van der Waals surface area contributed by atoms with Gasteiger partial charge in [-0.25, -0.2) is 0 Å². The first kappa shape index (κ1) is 24.3. The minimum Gasteiger partial charge on any atom is -0.497 e. The summed E-state index contributed by atoms with van der Waals surface area (Å²) in [7, 11) is 6.62. The number of rotatable bonds is 12. The van der Waals surface area contributed by atoms with Crippen LogP contribution in [0.3, 0.4) is 0 Å². The van der Waals surface area contributed by atoms with Gasteiger partial charge in [-0.2, -0.15) is 0 Å².